The fraction of sp³-hybridized carbons (Fsp3) is 0.800. The number of ether oxygens (including phenoxy) is 1. The average Bonchev–Trinajstić information content (AvgIpc) is 2.77. The highest BCUT2D eigenvalue weighted by Gasteiger charge is 2.27. The molecule has 0 aromatic rings. The quantitative estimate of drug-likeness (QED) is 0.168. The third-order valence-electron chi connectivity index (χ3n) is 5.94. The summed E-state index contributed by atoms with van der Waals surface area (Å²) in [5.74, 6) is -1.28. The molecule has 10 nitrogen and oxygen atoms in total. The number of Topliss-reactive ketones (excluding diaryl/α,β-unsaturated/α-hetero) is 1. The predicted molar refractivity (Wildman–Crippen MR) is 134 cm³/mol. The van der Waals surface area contributed by atoms with Gasteiger partial charge in [0.15, 0.2) is 5.78 Å². The van der Waals surface area contributed by atoms with Gasteiger partial charge < -0.3 is 26.4 Å². The zero-order valence-corrected chi connectivity index (χ0v) is 22.3. The molecule has 0 heterocycles. The number of nitrogens with two attached hydrogens (primary N) is 1. The van der Waals surface area contributed by atoms with Gasteiger partial charge in [0, 0.05) is 13.0 Å². The number of hydrogen-bond acceptors (Lipinski definition) is 6. The highest BCUT2D eigenvalue weighted by Crippen LogP contribution is 2.14. The van der Waals surface area contributed by atoms with Crippen molar-refractivity contribution in [2.75, 3.05) is 6.54 Å². The molecule has 1 unspecified atom stereocenters. The Morgan fingerprint density at radius 2 is 1.51 bits per heavy atom. The first-order chi connectivity index (χ1) is 16.4. The van der Waals surface area contributed by atoms with Crippen LogP contribution in [0.2, 0.25) is 0 Å². The van der Waals surface area contributed by atoms with Crippen LogP contribution in [0.5, 0.6) is 0 Å². The van der Waals surface area contributed by atoms with Gasteiger partial charge in [-0.2, -0.15) is 0 Å². The molecule has 10 heteroatoms. The molecule has 0 radical (unpaired) electrons. The van der Waals surface area contributed by atoms with Gasteiger partial charge >= 0.3 is 12.0 Å². The van der Waals surface area contributed by atoms with Gasteiger partial charge in [-0.1, -0.05) is 27.7 Å². The fourth-order valence-electron chi connectivity index (χ4n) is 3.63. The van der Waals surface area contributed by atoms with Gasteiger partial charge in [-0.25, -0.2) is 4.79 Å². The molecule has 0 aromatic carbocycles. The number of carbonyl (C=O) groups excluding carboxylic acids is 5. The van der Waals surface area contributed by atoms with E-state index in [2.05, 4.69) is 16.0 Å². The van der Waals surface area contributed by atoms with Crippen molar-refractivity contribution >= 4 is 29.6 Å². The van der Waals surface area contributed by atoms with Gasteiger partial charge in [0.1, 0.15) is 6.04 Å². The highest BCUT2D eigenvalue weighted by molar-refractivity contribution is 5.92. The largest absolute Gasteiger partial charge is 0.462 e. The summed E-state index contributed by atoms with van der Waals surface area (Å²) in [6.07, 6.45) is 4.36. The summed E-state index contributed by atoms with van der Waals surface area (Å²) in [5.41, 5.74) is 5.02. The Hall–Kier alpha value is -2.65. The molecule has 0 bridgehead atoms. The van der Waals surface area contributed by atoms with Gasteiger partial charge in [0.2, 0.25) is 11.8 Å². The van der Waals surface area contributed by atoms with E-state index < -0.39 is 24.0 Å². The second-order valence-electron chi connectivity index (χ2n) is 9.40. The topological polar surface area (TPSA) is 157 Å². The molecule has 0 rings (SSSR count). The maximum atomic E-state index is 12.8. The molecular formula is C25H46N4O6. The SMILES string of the molecule is CCC(CC)C(=O)OC(C)CCCCC(=O)N[C@H](C(=O)N[C@@H](CCCNC(N)=O)C(C)=O)C(C)C. The smallest absolute Gasteiger partial charge is 0.312 e. The first kappa shape index (κ1) is 32.4. The molecule has 4 amide bonds. The molecule has 35 heavy (non-hydrogen) atoms. The summed E-state index contributed by atoms with van der Waals surface area (Å²) in [4.78, 5) is 60.0. The summed E-state index contributed by atoms with van der Waals surface area (Å²) >= 11 is 0. The van der Waals surface area contributed by atoms with Gasteiger partial charge in [-0.3, -0.25) is 19.2 Å². The van der Waals surface area contributed by atoms with Crippen LogP contribution in [0.4, 0.5) is 4.79 Å². The molecule has 0 spiro atoms. The van der Waals surface area contributed by atoms with Crippen LogP contribution in [0.1, 0.15) is 92.9 Å². The molecule has 5 N–H and O–H groups in total. The maximum absolute atomic E-state index is 12.8. The molecule has 3 atom stereocenters. The van der Waals surface area contributed by atoms with Crippen molar-refractivity contribution in [3.05, 3.63) is 0 Å². The predicted octanol–water partition coefficient (Wildman–Crippen LogP) is 2.58. The summed E-state index contributed by atoms with van der Waals surface area (Å²) in [6.45, 7) is 11.1. The molecule has 0 saturated heterocycles. The number of amides is 4. The summed E-state index contributed by atoms with van der Waals surface area (Å²) in [7, 11) is 0. The van der Waals surface area contributed by atoms with Crippen LogP contribution in [0.3, 0.4) is 0 Å². The second kappa shape index (κ2) is 17.7. The van der Waals surface area contributed by atoms with Gasteiger partial charge in [0.25, 0.3) is 0 Å². The Balaban J connectivity index is 4.56. The summed E-state index contributed by atoms with van der Waals surface area (Å²) in [5, 5.41) is 7.93. The zero-order valence-electron chi connectivity index (χ0n) is 22.3. The maximum Gasteiger partial charge on any atom is 0.312 e. The first-order valence-corrected chi connectivity index (χ1v) is 12.8. The van der Waals surface area contributed by atoms with E-state index in [-0.39, 0.29) is 42.0 Å². The van der Waals surface area contributed by atoms with E-state index in [1.807, 2.05) is 34.6 Å². The number of primary amides is 1. The van der Waals surface area contributed by atoms with Gasteiger partial charge in [-0.15, -0.1) is 0 Å². The Morgan fingerprint density at radius 3 is 2.03 bits per heavy atom. The van der Waals surface area contributed by atoms with Gasteiger partial charge in [-0.05, 0) is 64.7 Å². The number of esters is 1. The number of urea groups is 1. The van der Waals surface area contributed by atoms with Crippen molar-refractivity contribution in [3.8, 4) is 0 Å². The highest BCUT2D eigenvalue weighted by atomic mass is 16.5. The normalized spacial score (nSPS) is 13.6. The van der Waals surface area contributed by atoms with Crippen molar-refractivity contribution in [3.63, 3.8) is 0 Å². The van der Waals surface area contributed by atoms with Crippen molar-refractivity contribution in [2.45, 2.75) is 111 Å². The molecule has 0 saturated carbocycles. The monoisotopic (exact) mass is 498 g/mol. The molecule has 0 aliphatic rings. The second-order valence-corrected chi connectivity index (χ2v) is 9.40. The Morgan fingerprint density at radius 1 is 0.886 bits per heavy atom. The minimum atomic E-state index is -0.770. The Labute approximate surface area is 209 Å². The van der Waals surface area contributed by atoms with Crippen LogP contribution in [0, 0.1) is 11.8 Å². The van der Waals surface area contributed by atoms with Crippen LogP contribution in [0.25, 0.3) is 0 Å². The minimum absolute atomic E-state index is 0.0725. The standard InChI is InChI=1S/C25H46N4O6/c1-7-19(8-2)24(33)35-17(5)12-9-10-14-21(31)29-22(16(3)4)23(32)28-20(18(6)30)13-11-15-27-25(26)34/h16-17,19-20,22H,7-15H2,1-6H3,(H,28,32)(H,29,31)(H3,26,27,34)/t17?,20-,22-/m0/s1. The van der Waals surface area contributed by atoms with E-state index in [1.54, 1.807) is 0 Å². The third kappa shape index (κ3) is 14.4. The Bertz CT molecular complexity index is 693. The summed E-state index contributed by atoms with van der Waals surface area (Å²) < 4.78 is 5.49. The molecule has 0 aliphatic carbocycles. The van der Waals surface area contributed by atoms with E-state index in [4.69, 9.17) is 10.5 Å². The number of ketones is 1. The number of unbranched alkanes of at least 4 members (excludes halogenated alkanes) is 1. The lowest BCUT2D eigenvalue weighted by atomic mass is 10.0. The van der Waals surface area contributed by atoms with Crippen LogP contribution < -0.4 is 21.7 Å². The summed E-state index contributed by atoms with van der Waals surface area (Å²) in [6, 6.07) is -2.12. The van der Waals surface area contributed by atoms with Crippen molar-refractivity contribution in [1.29, 1.82) is 0 Å². The molecule has 0 fully saturated rings. The van der Waals surface area contributed by atoms with E-state index in [9.17, 15) is 24.0 Å². The molecular weight excluding hydrogens is 452 g/mol. The lowest BCUT2D eigenvalue weighted by Gasteiger charge is -2.24. The van der Waals surface area contributed by atoms with Gasteiger partial charge in [0.05, 0.1) is 18.1 Å². The zero-order chi connectivity index (χ0) is 27.0. The lowest BCUT2D eigenvalue weighted by molar-refractivity contribution is -0.153. The van der Waals surface area contributed by atoms with E-state index in [0.29, 0.717) is 32.2 Å². The molecule has 202 valence electrons. The van der Waals surface area contributed by atoms with Crippen molar-refractivity contribution in [1.82, 2.24) is 16.0 Å². The van der Waals surface area contributed by atoms with E-state index in [1.165, 1.54) is 6.92 Å². The van der Waals surface area contributed by atoms with Crippen LogP contribution in [-0.2, 0) is 23.9 Å². The van der Waals surface area contributed by atoms with Crippen LogP contribution in [-0.4, -0.2) is 54.3 Å². The number of carbonyl (C=O) groups is 5. The minimum Gasteiger partial charge on any atom is -0.462 e. The van der Waals surface area contributed by atoms with Crippen molar-refractivity contribution in [2.24, 2.45) is 17.6 Å². The average molecular weight is 499 g/mol. The lowest BCUT2D eigenvalue weighted by Crippen LogP contribution is -2.53. The van der Waals surface area contributed by atoms with Crippen molar-refractivity contribution < 1.29 is 28.7 Å². The fourth-order valence-corrected chi connectivity index (χ4v) is 3.63. The van der Waals surface area contributed by atoms with Crippen LogP contribution >= 0.6 is 0 Å². The molecule has 0 aliphatic heterocycles. The first-order valence-electron chi connectivity index (χ1n) is 12.8. The van der Waals surface area contributed by atoms with E-state index >= 15 is 0 Å². The van der Waals surface area contributed by atoms with E-state index in [0.717, 1.165) is 19.3 Å². The number of hydrogen-bond donors (Lipinski definition) is 4. The Kier molecular flexibility index (Phi) is 16.4. The van der Waals surface area contributed by atoms with Crippen LogP contribution in [0.15, 0.2) is 0 Å². The number of nitrogens with one attached hydrogen (secondary N) is 3. The number of rotatable bonds is 18. The molecule has 0 aromatic heterocycles. The third-order valence-corrected chi connectivity index (χ3v) is 5.94.